The van der Waals surface area contributed by atoms with Gasteiger partial charge in [0.15, 0.2) is 0 Å². The number of amides is 1. The summed E-state index contributed by atoms with van der Waals surface area (Å²) in [5.41, 5.74) is 4.21. The minimum Gasteiger partial charge on any atom is -0.322 e. The molecule has 4 rings (SSSR count). The van der Waals surface area contributed by atoms with Crippen molar-refractivity contribution in [2.45, 2.75) is 39.0 Å². The molecular formula is C19H23N3O. The zero-order valence-electron chi connectivity index (χ0n) is 14.0. The molecule has 4 nitrogen and oxygen atoms in total. The Bertz CT molecular complexity index is 773. The van der Waals surface area contributed by atoms with E-state index in [-0.39, 0.29) is 5.91 Å². The van der Waals surface area contributed by atoms with Crippen LogP contribution < -0.4 is 5.32 Å². The van der Waals surface area contributed by atoms with E-state index in [0.717, 1.165) is 17.3 Å². The molecule has 0 aliphatic heterocycles. The van der Waals surface area contributed by atoms with Gasteiger partial charge in [-0.05, 0) is 55.1 Å². The number of nitrogens with one attached hydrogen (secondary N) is 1. The van der Waals surface area contributed by atoms with Gasteiger partial charge in [-0.3, -0.25) is 9.48 Å². The van der Waals surface area contributed by atoms with Crippen LogP contribution in [-0.2, 0) is 7.05 Å². The molecule has 2 aliphatic carbocycles. The molecule has 2 aromatic rings. The Morgan fingerprint density at radius 1 is 1.35 bits per heavy atom. The molecule has 1 amide bonds. The van der Waals surface area contributed by atoms with Crippen molar-refractivity contribution in [2.75, 3.05) is 5.32 Å². The quantitative estimate of drug-likeness (QED) is 0.931. The first-order valence-electron chi connectivity index (χ1n) is 8.38. The topological polar surface area (TPSA) is 46.9 Å². The first-order chi connectivity index (χ1) is 11.0. The monoisotopic (exact) mass is 309 g/mol. The number of carbonyl (C=O) groups excluding carboxylic acids is 1. The molecule has 1 N–H and O–H groups in total. The zero-order chi connectivity index (χ0) is 16.2. The number of nitrogens with zero attached hydrogens (tertiary/aromatic N) is 2. The number of benzene rings is 1. The van der Waals surface area contributed by atoms with E-state index in [0.29, 0.717) is 16.9 Å². The molecule has 2 fully saturated rings. The predicted octanol–water partition coefficient (Wildman–Crippen LogP) is 3.88. The third-order valence-corrected chi connectivity index (χ3v) is 5.59. The molecule has 2 saturated carbocycles. The Balaban J connectivity index is 1.56. The summed E-state index contributed by atoms with van der Waals surface area (Å²) in [6, 6.07) is 8.25. The largest absolute Gasteiger partial charge is 0.322 e. The lowest BCUT2D eigenvalue weighted by atomic mass is 9.97. The van der Waals surface area contributed by atoms with E-state index in [4.69, 9.17) is 0 Å². The van der Waals surface area contributed by atoms with Gasteiger partial charge in [0.1, 0.15) is 0 Å². The average Bonchev–Trinajstić information content (AvgIpc) is 3.41. The van der Waals surface area contributed by atoms with Gasteiger partial charge in [-0.2, -0.15) is 5.10 Å². The van der Waals surface area contributed by atoms with Gasteiger partial charge >= 0.3 is 0 Å². The number of hydrogen-bond acceptors (Lipinski definition) is 2. The highest BCUT2D eigenvalue weighted by Gasteiger charge is 2.56. The molecule has 0 saturated heterocycles. The maximum absolute atomic E-state index is 12.6. The molecule has 2 unspecified atom stereocenters. The predicted molar refractivity (Wildman–Crippen MR) is 90.5 cm³/mol. The van der Waals surface area contributed by atoms with E-state index in [1.165, 1.54) is 24.8 Å². The highest BCUT2D eigenvalue weighted by molar-refractivity contribution is 6.05. The van der Waals surface area contributed by atoms with Gasteiger partial charge in [0.25, 0.3) is 5.91 Å². The molecule has 2 atom stereocenters. The standard InChI is InChI=1S/C19H23N3O/c1-12-15(11-22(3)21-12)18(23)20-17-7-5-4-6-13(17)14-10-16(14)19(2)8-9-19/h4-7,11,14,16H,8-10H2,1-3H3,(H,20,23). The molecule has 2 aliphatic rings. The summed E-state index contributed by atoms with van der Waals surface area (Å²) in [7, 11) is 1.84. The van der Waals surface area contributed by atoms with Crippen molar-refractivity contribution in [3.8, 4) is 0 Å². The summed E-state index contributed by atoms with van der Waals surface area (Å²) in [5.74, 6) is 1.33. The molecule has 4 heteroatoms. The van der Waals surface area contributed by atoms with E-state index >= 15 is 0 Å². The smallest absolute Gasteiger partial charge is 0.259 e. The number of para-hydroxylation sites is 1. The minimum absolute atomic E-state index is 0.0714. The van der Waals surface area contributed by atoms with E-state index in [9.17, 15) is 4.79 Å². The second-order valence-electron chi connectivity index (χ2n) is 7.45. The number of anilines is 1. The van der Waals surface area contributed by atoms with Crippen molar-refractivity contribution >= 4 is 11.6 Å². The molecule has 0 radical (unpaired) electrons. The lowest BCUT2D eigenvalue weighted by Crippen LogP contribution is -2.14. The van der Waals surface area contributed by atoms with Gasteiger partial charge in [-0.25, -0.2) is 0 Å². The van der Waals surface area contributed by atoms with Gasteiger partial charge < -0.3 is 5.32 Å². The third kappa shape index (κ3) is 2.56. The minimum atomic E-state index is -0.0714. The zero-order valence-corrected chi connectivity index (χ0v) is 14.0. The summed E-state index contributed by atoms with van der Waals surface area (Å²) < 4.78 is 1.68. The van der Waals surface area contributed by atoms with Crippen molar-refractivity contribution in [1.82, 2.24) is 9.78 Å². The van der Waals surface area contributed by atoms with Crippen LogP contribution in [0.1, 0.15) is 53.7 Å². The molecule has 1 heterocycles. The maximum Gasteiger partial charge on any atom is 0.259 e. The number of carbonyl (C=O) groups is 1. The van der Waals surface area contributed by atoms with Crippen molar-refractivity contribution in [3.63, 3.8) is 0 Å². The Morgan fingerprint density at radius 3 is 2.74 bits per heavy atom. The van der Waals surface area contributed by atoms with Crippen LogP contribution >= 0.6 is 0 Å². The molecule has 0 bridgehead atoms. The fourth-order valence-corrected chi connectivity index (χ4v) is 3.82. The summed E-state index contributed by atoms with van der Waals surface area (Å²) in [6.45, 7) is 4.27. The molecule has 120 valence electrons. The van der Waals surface area contributed by atoms with E-state index < -0.39 is 0 Å². The van der Waals surface area contributed by atoms with Crippen LogP contribution in [0.15, 0.2) is 30.5 Å². The third-order valence-electron chi connectivity index (χ3n) is 5.59. The van der Waals surface area contributed by atoms with Crippen LogP contribution in [0.4, 0.5) is 5.69 Å². The Morgan fingerprint density at radius 2 is 2.09 bits per heavy atom. The maximum atomic E-state index is 12.6. The van der Waals surface area contributed by atoms with Gasteiger partial charge in [0, 0.05) is 18.9 Å². The van der Waals surface area contributed by atoms with Crippen LogP contribution in [0.3, 0.4) is 0 Å². The van der Waals surface area contributed by atoms with Crippen LogP contribution in [-0.4, -0.2) is 15.7 Å². The lowest BCUT2D eigenvalue weighted by molar-refractivity contribution is 0.102. The number of rotatable bonds is 4. The van der Waals surface area contributed by atoms with Gasteiger partial charge in [-0.15, -0.1) is 0 Å². The Hall–Kier alpha value is -2.10. The first-order valence-corrected chi connectivity index (χ1v) is 8.38. The summed E-state index contributed by atoms with van der Waals surface area (Å²) in [4.78, 5) is 12.6. The van der Waals surface area contributed by atoms with Crippen LogP contribution in [0.25, 0.3) is 0 Å². The highest BCUT2D eigenvalue weighted by atomic mass is 16.1. The second-order valence-corrected chi connectivity index (χ2v) is 7.45. The molecule has 0 spiro atoms. The summed E-state index contributed by atoms with van der Waals surface area (Å²) in [6.07, 6.45) is 5.75. The van der Waals surface area contributed by atoms with Crippen LogP contribution in [0, 0.1) is 18.3 Å². The van der Waals surface area contributed by atoms with Crippen molar-refractivity contribution in [1.29, 1.82) is 0 Å². The SMILES string of the molecule is Cc1nn(C)cc1C(=O)Nc1ccccc1C1CC1C1(C)CC1. The Kier molecular flexibility index (Phi) is 3.12. The number of hydrogen-bond donors (Lipinski definition) is 1. The average molecular weight is 309 g/mol. The van der Waals surface area contributed by atoms with Crippen LogP contribution in [0.2, 0.25) is 0 Å². The molecule has 23 heavy (non-hydrogen) atoms. The number of aromatic nitrogens is 2. The first kappa shape index (κ1) is 14.5. The van der Waals surface area contributed by atoms with Gasteiger partial charge in [-0.1, -0.05) is 25.1 Å². The fraction of sp³-hybridized carbons (Fsp3) is 0.474. The van der Waals surface area contributed by atoms with Gasteiger partial charge in [0.2, 0.25) is 0 Å². The Labute approximate surface area is 136 Å². The lowest BCUT2D eigenvalue weighted by Gasteiger charge is -2.12. The second kappa shape index (κ2) is 4.95. The van der Waals surface area contributed by atoms with E-state index in [1.807, 2.05) is 26.1 Å². The van der Waals surface area contributed by atoms with E-state index in [1.54, 1.807) is 10.9 Å². The summed E-state index contributed by atoms with van der Waals surface area (Å²) >= 11 is 0. The molecule has 1 aromatic carbocycles. The number of aryl methyl sites for hydroxylation is 2. The van der Waals surface area contributed by atoms with E-state index in [2.05, 4.69) is 29.5 Å². The molecular weight excluding hydrogens is 286 g/mol. The summed E-state index contributed by atoms with van der Waals surface area (Å²) in [5, 5.41) is 7.35. The van der Waals surface area contributed by atoms with Crippen molar-refractivity contribution in [2.24, 2.45) is 18.4 Å². The van der Waals surface area contributed by atoms with Crippen LogP contribution in [0.5, 0.6) is 0 Å². The van der Waals surface area contributed by atoms with Crippen molar-refractivity contribution in [3.05, 3.63) is 47.3 Å². The van der Waals surface area contributed by atoms with Crippen molar-refractivity contribution < 1.29 is 4.79 Å². The normalized spacial score (nSPS) is 24.3. The highest BCUT2D eigenvalue weighted by Crippen LogP contribution is 2.67. The fourth-order valence-electron chi connectivity index (χ4n) is 3.82. The molecule has 1 aromatic heterocycles. The van der Waals surface area contributed by atoms with Gasteiger partial charge in [0.05, 0.1) is 11.3 Å².